The van der Waals surface area contributed by atoms with Gasteiger partial charge in [-0.15, -0.1) is 0 Å². The predicted octanol–water partition coefficient (Wildman–Crippen LogP) is 3.47. The van der Waals surface area contributed by atoms with Crippen molar-refractivity contribution in [3.63, 3.8) is 0 Å². The highest BCUT2D eigenvalue weighted by Crippen LogP contribution is 2.32. The molecule has 2 aromatic carbocycles. The molecule has 1 nitrogen and oxygen atoms in total. The van der Waals surface area contributed by atoms with Crippen molar-refractivity contribution in [2.45, 2.75) is 25.2 Å². The van der Waals surface area contributed by atoms with Crippen LogP contribution in [0, 0.1) is 5.82 Å². The van der Waals surface area contributed by atoms with Crippen LogP contribution in [0.3, 0.4) is 0 Å². The Bertz CT molecular complexity index is 567. The van der Waals surface area contributed by atoms with E-state index in [-0.39, 0.29) is 11.2 Å². The van der Waals surface area contributed by atoms with E-state index in [9.17, 15) is 4.39 Å². The molecule has 104 valence electrons. The minimum atomic E-state index is -0.163. The molecule has 1 aliphatic rings. The topological polar surface area (TPSA) is 12.0 Å². The van der Waals surface area contributed by atoms with Crippen LogP contribution in [0.25, 0.3) is 0 Å². The lowest BCUT2D eigenvalue weighted by Crippen LogP contribution is -2.58. The van der Waals surface area contributed by atoms with Gasteiger partial charge >= 0.3 is 0 Å². The summed E-state index contributed by atoms with van der Waals surface area (Å²) in [5, 5.41) is 3.36. The van der Waals surface area contributed by atoms with Crippen molar-refractivity contribution >= 4 is 0 Å². The number of halogens is 1. The average Bonchev–Trinajstić information content (AvgIpc) is 2.45. The number of hydrogen-bond acceptors (Lipinski definition) is 1. The van der Waals surface area contributed by atoms with Crippen LogP contribution in [0.1, 0.15) is 23.6 Å². The number of aryl methyl sites for hydroxylation is 1. The van der Waals surface area contributed by atoms with Gasteiger partial charge in [0.2, 0.25) is 0 Å². The standard InChI is InChI=1S/C18H20FN/c1-2-14-3-5-15(6-4-14)11-18(12-20-13-18)16-7-9-17(19)10-8-16/h3-10,20H,2,11-13H2,1H3. The van der Waals surface area contributed by atoms with E-state index in [0.29, 0.717) is 0 Å². The predicted molar refractivity (Wildman–Crippen MR) is 80.5 cm³/mol. The SMILES string of the molecule is CCc1ccc(CC2(c3ccc(F)cc3)CNC2)cc1. The highest BCUT2D eigenvalue weighted by molar-refractivity contribution is 5.34. The summed E-state index contributed by atoms with van der Waals surface area (Å²) in [6.07, 6.45) is 2.08. The van der Waals surface area contributed by atoms with Crippen molar-refractivity contribution in [1.82, 2.24) is 5.32 Å². The molecule has 0 aromatic heterocycles. The van der Waals surface area contributed by atoms with Crippen LogP contribution >= 0.6 is 0 Å². The van der Waals surface area contributed by atoms with Crippen LogP contribution in [0.4, 0.5) is 4.39 Å². The molecule has 1 aliphatic heterocycles. The van der Waals surface area contributed by atoms with Gasteiger partial charge in [-0.05, 0) is 41.7 Å². The van der Waals surface area contributed by atoms with E-state index in [4.69, 9.17) is 0 Å². The fraction of sp³-hybridized carbons (Fsp3) is 0.333. The van der Waals surface area contributed by atoms with Gasteiger partial charge < -0.3 is 5.32 Å². The molecule has 1 N–H and O–H groups in total. The summed E-state index contributed by atoms with van der Waals surface area (Å²) in [4.78, 5) is 0. The molecule has 2 aromatic rings. The highest BCUT2D eigenvalue weighted by Gasteiger charge is 2.38. The molecule has 0 spiro atoms. The molecule has 0 saturated carbocycles. The molecule has 0 aliphatic carbocycles. The smallest absolute Gasteiger partial charge is 0.123 e. The molecule has 0 atom stereocenters. The minimum absolute atomic E-state index is 0.126. The minimum Gasteiger partial charge on any atom is -0.315 e. The van der Waals surface area contributed by atoms with Gasteiger partial charge in [-0.2, -0.15) is 0 Å². The lowest BCUT2D eigenvalue weighted by atomic mass is 9.71. The second-order valence-electron chi connectivity index (χ2n) is 5.74. The maximum absolute atomic E-state index is 13.1. The van der Waals surface area contributed by atoms with Crippen LogP contribution in [0.2, 0.25) is 0 Å². The maximum atomic E-state index is 13.1. The molecular formula is C18H20FN. The zero-order chi connectivity index (χ0) is 14.0. The van der Waals surface area contributed by atoms with Crippen LogP contribution in [0.5, 0.6) is 0 Å². The molecule has 1 saturated heterocycles. The third-order valence-corrected chi connectivity index (χ3v) is 4.36. The van der Waals surface area contributed by atoms with Crippen LogP contribution in [-0.4, -0.2) is 13.1 Å². The number of hydrogen-bond donors (Lipinski definition) is 1. The Morgan fingerprint density at radius 1 is 0.950 bits per heavy atom. The van der Waals surface area contributed by atoms with Crippen molar-refractivity contribution in [2.75, 3.05) is 13.1 Å². The van der Waals surface area contributed by atoms with Crippen LogP contribution in [-0.2, 0) is 18.3 Å². The second kappa shape index (κ2) is 5.37. The second-order valence-corrected chi connectivity index (χ2v) is 5.74. The average molecular weight is 269 g/mol. The van der Waals surface area contributed by atoms with Crippen molar-refractivity contribution in [1.29, 1.82) is 0 Å². The van der Waals surface area contributed by atoms with Crippen molar-refractivity contribution in [3.8, 4) is 0 Å². The van der Waals surface area contributed by atoms with Crippen LogP contribution < -0.4 is 5.32 Å². The summed E-state index contributed by atoms with van der Waals surface area (Å²) in [5.74, 6) is -0.163. The monoisotopic (exact) mass is 269 g/mol. The Morgan fingerprint density at radius 3 is 2.05 bits per heavy atom. The van der Waals surface area contributed by atoms with Gasteiger partial charge in [-0.3, -0.25) is 0 Å². The molecule has 0 bridgehead atoms. The maximum Gasteiger partial charge on any atom is 0.123 e. The Hall–Kier alpha value is -1.67. The molecule has 0 unspecified atom stereocenters. The Kier molecular flexibility index (Phi) is 3.58. The van der Waals surface area contributed by atoms with Gasteiger partial charge in [0.25, 0.3) is 0 Å². The molecule has 20 heavy (non-hydrogen) atoms. The van der Waals surface area contributed by atoms with E-state index >= 15 is 0 Å². The normalized spacial score (nSPS) is 16.7. The lowest BCUT2D eigenvalue weighted by molar-refractivity contribution is 0.274. The van der Waals surface area contributed by atoms with Gasteiger partial charge in [0.1, 0.15) is 5.82 Å². The number of benzene rings is 2. The molecule has 1 heterocycles. The van der Waals surface area contributed by atoms with Crippen molar-refractivity contribution < 1.29 is 4.39 Å². The van der Waals surface area contributed by atoms with E-state index in [1.165, 1.54) is 16.7 Å². The third kappa shape index (κ3) is 2.48. The summed E-state index contributed by atoms with van der Waals surface area (Å²) < 4.78 is 13.1. The first-order valence-electron chi connectivity index (χ1n) is 7.26. The fourth-order valence-corrected chi connectivity index (χ4v) is 2.94. The fourth-order valence-electron chi connectivity index (χ4n) is 2.94. The van der Waals surface area contributed by atoms with Crippen molar-refractivity contribution in [3.05, 3.63) is 71.0 Å². The van der Waals surface area contributed by atoms with Gasteiger partial charge in [0.15, 0.2) is 0 Å². The van der Waals surface area contributed by atoms with Gasteiger partial charge in [-0.25, -0.2) is 4.39 Å². The summed E-state index contributed by atoms with van der Waals surface area (Å²) in [5.41, 5.74) is 4.09. The quantitative estimate of drug-likeness (QED) is 0.896. The Labute approximate surface area is 119 Å². The van der Waals surface area contributed by atoms with E-state index < -0.39 is 0 Å². The van der Waals surface area contributed by atoms with E-state index in [1.54, 1.807) is 12.1 Å². The molecule has 0 amide bonds. The first-order valence-corrected chi connectivity index (χ1v) is 7.26. The number of rotatable bonds is 4. The third-order valence-electron chi connectivity index (χ3n) is 4.36. The summed E-state index contributed by atoms with van der Waals surface area (Å²) in [7, 11) is 0. The van der Waals surface area contributed by atoms with Crippen LogP contribution in [0.15, 0.2) is 48.5 Å². The number of nitrogens with one attached hydrogen (secondary N) is 1. The van der Waals surface area contributed by atoms with Gasteiger partial charge in [0.05, 0.1) is 0 Å². The van der Waals surface area contributed by atoms with Crippen molar-refractivity contribution in [2.24, 2.45) is 0 Å². The zero-order valence-electron chi connectivity index (χ0n) is 11.8. The highest BCUT2D eigenvalue weighted by atomic mass is 19.1. The Balaban J connectivity index is 1.83. The van der Waals surface area contributed by atoms with Gasteiger partial charge in [0, 0.05) is 18.5 Å². The largest absolute Gasteiger partial charge is 0.315 e. The first kappa shape index (κ1) is 13.3. The van der Waals surface area contributed by atoms with E-state index in [2.05, 4.69) is 36.5 Å². The van der Waals surface area contributed by atoms with Gasteiger partial charge in [-0.1, -0.05) is 43.3 Å². The molecule has 0 radical (unpaired) electrons. The molecule has 1 fully saturated rings. The molecular weight excluding hydrogens is 249 g/mol. The molecule has 3 rings (SSSR count). The summed E-state index contributed by atoms with van der Waals surface area (Å²) in [6.45, 7) is 4.10. The Morgan fingerprint density at radius 2 is 1.55 bits per heavy atom. The zero-order valence-corrected chi connectivity index (χ0v) is 11.8. The summed E-state index contributed by atoms with van der Waals surface area (Å²) in [6, 6.07) is 15.8. The molecule has 2 heteroatoms. The first-order chi connectivity index (χ1) is 9.72. The lowest BCUT2D eigenvalue weighted by Gasteiger charge is -2.43. The van der Waals surface area contributed by atoms with E-state index in [1.807, 2.05) is 12.1 Å². The van der Waals surface area contributed by atoms with E-state index in [0.717, 1.165) is 25.9 Å². The summed E-state index contributed by atoms with van der Waals surface area (Å²) >= 11 is 0.